The van der Waals surface area contributed by atoms with Crippen molar-refractivity contribution in [1.82, 2.24) is 14.6 Å². The van der Waals surface area contributed by atoms with E-state index in [0.29, 0.717) is 12.1 Å². The van der Waals surface area contributed by atoms with Gasteiger partial charge in [0.05, 0.1) is 11.9 Å². The lowest BCUT2D eigenvalue weighted by atomic mass is 10.3. The van der Waals surface area contributed by atoms with Gasteiger partial charge in [-0.2, -0.15) is 5.10 Å². The number of fused-ring (bicyclic) bond motifs is 1. The maximum Gasteiger partial charge on any atom is 0.195 e. The number of rotatable bonds is 5. The van der Waals surface area contributed by atoms with Crippen LogP contribution in [0.1, 0.15) is 26.2 Å². The average molecular weight is 253 g/mol. The number of unbranched alkanes of at least 4 members (excludes halogenated alkanes) is 2. The van der Waals surface area contributed by atoms with Crippen LogP contribution < -0.4 is 0 Å². The molecule has 2 aromatic rings. The Hall–Kier alpha value is -1.43. The fourth-order valence-electron chi connectivity index (χ4n) is 1.62. The van der Waals surface area contributed by atoms with Gasteiger partial charge in [-0.25, -0.2) is 17.9 Å². The zero-order valence-electron chi connectivity index (χ0n) is 9.70. The summed E-state index contributed by atoms with van der Waals surface area (Å²) in [6.07, 6.45) is 5.83. The minimum absolute atomic E-state index is 0.140. The minimum atomic E-state index is -3.25. The second kappa shape index (κ2) is 4.83. The molecule has 2 aromatic heterocycles. The molecular weight excluding hydrogens is 238 g/mol. The van der Waals surface area contributed by atoms with E-state index >= 15 is 0 Å². The summed E-state index contributed by atoms with van der Waals surface area (Å²) in [4.78, 5) is 4.10. The van der Waals surface area contributed by atoms with Crippen LogP contribution in [0.15, 0.2) is 29.6 Å². The molecule has 0 atom stereocenters. The predicted octanol–water partition coefficient (Wildman–Crippen LogP) is 1.69. The smallest absolute Gasteiger partial charge is 0.195 e. The fourth-order valence-corrected chi connectivity index (χ4v) is 2.91. The summed E-state index contributed by atoms with van der Waals surface area (Å²) in [6, 6.07) is 3.19. The van der Waals surface area contributed by atoms with Crippen molar-refractivity contribution in [2.45, 2.75) is 31.2 Å². The summed E-state index contributed by atoms with van der Waals surface area (Å²) in [5.74, 6) is 0.165. The van der Waals surface area contributed by atoms with Gasteiger partial charge in [0.2, 0.25) is 0 Å². The van der Waals surface area contributed by atoms with E-state index in [2.05, 4.69) is 10.1 Å². The molecule has 2 heterocycles. The molecule has 0 amide bonds. The molecule has 0 spiro atoms. The van der Waals surface area contributed by atoms with E-state index in [-0.39, 0.29) is 10.8 Å². The number of sulfone groups is 1. The van der Waals surface area contributed by atoms with Crippen molar-refractivity contribution < 1.29 is 8.42 Å². The molecule has 0 unspecified atom stereocenters. The molecule has 17 heavy (non-hydrogen) atoms. The fraction of sp³-hybridized carbons (Fsp3) is 0.455. The van der Waals surface area contributed by atoms with Gasteiger partial charge in [0.25, 0.3) is 0 Å². The first-order chi connectivity index (χ1) is 8.13. The van der Waals surface area contributed by atoms with Gasteiger partial charge >= 0.3 is 0 Å². The van der Waals surface area contributed by atoms with Gasteiger partial charge in [0.15, 0.2) is 20.5 Å². The molecule has 0 fully saturated rings. The Morgan fingerprint density at radius 1 is 1.29 bits per heavy atom. The highest BCUT2D eigenvalue weighted by Gasteiger charge is 2.16. The normalized spacial score (nSPS) is 12.1. The topological polar surface area (TPSA) is 64.3 Å². The Morgan fingerprint density at radius 3 is 2.88 bits per heavy atom. The van der Waals surface area contributed by atoms with Crippen molar-refractivity contribution in [3.05, 3.63) is 24.5 Å². The van der Waals surface area contributed by atoms with Crippen LogP contribution in [0.4, 0.5) is 0 Å². The van der Waals surface area contributed by atoms with E-state index in [1.807, 2.05) is 6.92 Å². The predicted molar refractivity (Wildman–Crippen MR) is 64.6 cm³/mol. The Kier molecular flexibility index (Phi) is 3.42. The minimum Gasteiger partial charge on any atom is -0.223 e. The lowest BCUT2D eigenvalue weighted by molar-refractivity contribution is 0.587. The van der Waals surface area contributed by atoms with Gasteiger partial charge in [0.1, 0.15) is 0 Å². The standard InChI is InChI=1S/C11H15N3O2S/c1-2-3-4-9-17(15,16)11-6-8-14-10(13-11)5-7-12-14/h5-8H,2-4,9H2,1H3. The first kappa shape index (κ1) is 12.0. The third-order valence-electron chi connectivity index (χ3n) is 2.57. The largest absolute Gasteiger partial charge is 0.223 e. The first-order valence-corrected chi connectivity index (χ1v) is 7.32. The quantitative estimate of drug-likeness (QED) is 0.601. The van der Waals surface area contributed by atoms with Crippen molar-refractivity contribution in [3.63, 3.8) is 0 Å². The van der Waals surface area contributed by atoms with Gasteiger partial charge in [0, 0.05) is 12.3 Å². The summed E-state index contributed by atoms with van der Waals surface area (Å²) in [5, 5.41) is 4.12. The van der Waals surface area contributed by atoms with Crippen LogP contribution in [-0.4, -0.2) is 28.8 Å². The van der Waals surface area contributed by atoms with Gasteiger partial charge in [-0.05, 0) is 12.5 Å². The second-order valence-corrected chi connectivity index (χ2v) is 5.98. The highest BCUT2D eigenvalue weighted by molar-refractivity contribution is 7.91. The number of hydrogen-bond acceptors (Lipinski definition) is 4. The van der Waals surface area contributed by atoms with Crippen LogP contribution in [0.2, 0.25) is 0 Å². The Morgan fingerprint density at radius 2 is 2.12 bits per heavy atom. The molecular formula is C11H15N3O2S. The lowest BCUT2D eigenvalue weighted by Gasteiger charge is -2.03. The molecule has 0 N–H and O–H groups in total. The van der Waals surface area contributed by atoms with E-state index in [0.717, 1.165) is 12.8 Å². The van der Waals surface area contributed by atoms with Crippen molar-refractivity contribution in [3.8, 4) is 0 Å². The number of aromatic nitrogens is 3. The van der Waals surface area contributed by atoms with Gasteiger partial charge in [-0.3, -0.25) is 0 Å². The molecule has 6 heteroatoms. The Labute approximate surface area is 100 Å². The van der Waals surface area contributed by atoms with Gasteiger partial charge in [-0.15, -0.1) is 0 Å². The molecule has 0 bridgehead atoms. The number of hydrogen-bond donors (Lipinski definition) is 0. The molecule has 0 aliphatic heterocycles. The van der Waals surface area contributed by atoms with E-state index in [9.17, 15) is 8.42 Å². The maximum absolute atomic E-state index is 12.0. The third-order valence-corrected chi connectivity index (χ3v) is 4.26. The van der Waals surface area contributed by atoms with Crippen LogP contribution in [0, 0.1) is 0 Å². The Balaban J connectivity index is 2.25. The third kappa shape index (κ3) is 2.63. The van der Waals surface area contributed by atoms with Crippen LogP contribution in [0.5, 0.6) is 0 Å². The lowest BCUT2D eigenvalue weighted by Crippen LogP contribution is -2.09. The van der Waals surface area contributed by atoms with Gasteiger partial charge < -0.3 is 0 Å². The van der Waals surface area contributed by atoms with Crippen molar-refractivity contribution in [1.29, 1.82) is 0 Å². The average Bonchev–Trinajstić information content (AvgIpc) is 2.76. The SMILES string of the molecule is CCCCCS(=O)(=O)c1ccn2nccc2n1. The highest BCUT2D eigenvalue weighted by atomic mass is 32.2. The summed E-state index contributed by atoms with van der Waals surface area (Å²) in [7, 11) is -3.25. The van der Waals surface area contributed by atoms with Gasteiger partial charge in [-0.1, -0.05) is 19.8 Å². The zero-order valence-corrected chi connectivity index (χ0v) is 10.5. The summed E-state index contributed by atoms with van der Waals surface area (Å²) < 4.78 is 25.5. The van der Waals surface area contributed by atoms with Crippen molar-refractivity contribution in [2.75, 3.05) is 5.75 Å². The summed E-state index contributed by atoms with van der Waals surface area (Å²) in [5.41, 5.74) is 0.557. The van der Waals surface area contributed by atoms with E-state index in [1.54, 1.807) is 23.0 Å². The molecule has 0 aliphatic carbocycles. The molecule has 0 saturated heterocycles. The summed E-state index contributed by atoms with van der Waals surface area (Å²) in [6.45, 7) is 2.04. The van der Waals surface area contributed by atoms with E-state index in [4.69, 9.17) is 0 Å². The summed E-state index contributed by atoms with van der Waals surface area (Å²) >= 11 is 0. The van der Waals surface area contributed by atoms with Crippen LogP contribution in [-0.2, 0) is 9.84 Å². The maximum atomic E-state index is 12.0. The molecule has 0 saturated carbocycles. The van der Waals surface area contributed by atoms with Crippen LogP contribution >= 0.6 is 0 Å². The molecule has 92 valence electrons. The van der Waals surface area contributed by atoms with Crippen LogP contribution in [0.3, 0.4) is 0 Å². The monoisotopic (exact) mass is 253 g/mol. The van der Waals surface area contributed by atoms with E-state index in [1.165, 1.54) is 6.07 Å². The number of nitrogens with zero attached hydrogens (tertiary/aromatic N) is 3. The molecule has 0 aromatic carbocycles. The molecule has 0 aliphatic rings. The van der Waals surface area contributed by atoms with Crippen molar-refractivity contribution in [2.24, 2.45) is 0 Å². The molecule has 0 radical (unpaired) electrons. The van der Waals surface area contributed by atoms with E-state index < -0.39 is 9.84 Å². The zero-order chi connectivity index (χ0) is 12.3. The molecule has 5 nitrogen and oxygen atoms in total. The van der Waals surface area contributed by atoms with Crippen LogP contribution in [0.25, 0.3) is 5.65 Å². The highest BCUT2D eigenvalue weighted by Crippen LogP contribution is 2.11. The first-order valence-electron chi connectivity index (χ1n) is 5.66. The van der Waals surface area contributed by atoms with Crippen molar-refractivity contribution >= 4 is 15.5 Å². The Bertz CT molecular complexity index is 604. The molecule has 2 rings (SSSR count). The second-order valence-electron chi connectivity index (χ2n) is 3.93.